The number of piperidine rings is 2. The van der Waals surface area contributed by atoms with Crippen LogP contribution in [0.3, 0.4) is 0 Å². The van der Waals surface area contributed by atoms with Gasteiger partial charge < -0.3 is 14.4 Å². The van der Waals surface area contributed by atoms with Crippen molar-refractivity contribution in [3.05, 3.63) is 0 Å². The van der Waals surface area contributed by atoms with E-state index in [4.69, 9.17) is 9.47 Å². The van der Waals surface area contributed by atoms with Gasteiger partial charge >= 0.3 is 12.1 Å². The summed E-state index contributed by atoms with van der Waals surface area (Å²) in [6, 6.07) is -0.200. The Morgan fingerprint density at radius 3 is 2.26 bits per heavy atom. The number of amides is 1. The summed E-state index contributed by atoms with van der Waals surface area (Å²) < 4.78 is 10.4. The summed E-state index contributed by atoms with van der Waals surface area (Å²) in [6.07, 6.45) is 4.81. The van der Waals surface area contributed by atoms with Crippen molar-refractivity contribution < 1.29 is 19.1 Å². The first-order valence-corrected chi connectivity index (χ1v) is 8.63. The molecule has 0 N–H and O–H groups in total. The van der Waals surface area contributed by atoms with Gasteiger partial charge in [0.2, 0.25) is 0 Å². The normalized spacial score (nSPS) is 26.7. The fourth-order valence-electron chi connectivity index (χ4n) is 3.46. The quantitative estimate of drug-likeness (QED) is 0.729. The number of nitrogens with zero attached hydrogens (tertiary/aromatic N) is 2. The molecule has 0 radical (unpaired) electrons. The largest absolute Gasteiger partial charge is 0.467 e. The van der Waals surface area contributed by atoms with Gasteiger partial charge in [0.05, 0.1) is 7.11 Å². The minimum absolute atomic E-state index is 0.345. The summed E-state index contributed by atoms with van der Waals surface area (Å²) in [7, 11) is 1.38. The monoisotopic (exact) mass is 326 g/mol. The van der Waals surface area contributed by atoms with E-state index in [-0.39, 0.29) is 5.97 Å². The number of carbonyl (C=O) groups is 2. The number of methoxy groups -OCH3 is 1. The van der Waals surface area contributed by atoms with Gasteiger partial charge in [0.25, 0.3) is 0 Å². The van der Waals surface area contributed by atoms with Crippen LogP contribution < -0.4 is 0 Å². The van der Waals surface area contributed by atoms with Gasteiger partial charge in [-0.05, 0) is 59.5 Å². The number of rotatable bonds is 2. The second-order valence-corrected chi connectivity index (χ2v) is 7.49. The molecule has 2 atom stereocenters. The third-order valence-corrected chi connectivity index (χ3v) is 4.58. The SMILES string of the molecule is COC(=O)[C@@H]1C[C@H](N2CCCCC2)CCN1C(=O)OC(C)(C)C. The molecule has 0 aromatic carbocycles. The van der Waals surface area contributed by atoms with Crippen molar-refractivity contribution in [2.45, 2.75) is 70.6 Å². The van der Waals surface area contributed by atoms with Gasteiger partial charge in [-0.3, -0.25) is 4.90 Å². The zero-order valence-corrected chi connectivity index (χ0v) is 14.8. The smallest absolute Gasteiger partial charge is 0.411 e. The topological polar surface area (TPSA) is 59.1 Å². The van der Waals surface area contributed by atoms with Crippen LogP contribution in [0, 0.1) is 0 Å². The predicted octanol–water partition coefficient (Wildman–Crippen LogP) is 2.41. The van der Waals surface area contributed by atoms with E-state index in [2.05, 4.69) is 4.90 Å². The predicted molar refractivity (Wildman–Crippen MR) is 87.2 cm³/mol. The minimum Gasteiger partial charge on any atom is -0.467 e. The van der Waals surface area contributed by atoms with Crippen LogP contribution in [-0.2, 0) is 14.3 Å². The van der Waals surface area contributed by atoms with Crippen LogP contribution in [0.25, 0.3) is 0 Å². The average molecular weight is 326 g/mol. The van der Waals surface area contributed by atoms with Gasteiger partial charge in [-0.2, -0.15) is 0 Å². The van der Waals surface area contributed by atoms with E-state index < -0.39 is 17.7 Å². The summed E-state index contributed by atoms with van der Waals surface area (Å²) >= 11 is 0. The van der Waals surface area contributed by atoms with Crippen molar-refractivity contribution in [1.82, 2.24) is 9.80 Å². The number of hydrogen-bond acceptors (Lipinski definition) is 5. The molecular formula is C17H30N2O4. The first kappa shape index (κ1) is 18.0. The molecular weight excluding hydrogens is 296 g/mol. The molecule has 0 unspecified atom stereocenters. The number of likely N-dealkylation sites (tertiary alicyclic amines) is 2. The summed E-state index contributed by atoms with van der Waals surface area (Å²) in [4.78, 5) is 28.6. The third-order valence-electron chi connectivity index (χ3n) is 4.58. The summed E-state index contributed by atoms with van der Waals surface area (Å²) in [6.45, 7) is 8.21. The zero-order chi connectivity index (χ0) is 17.0. The molecule has 2 saturated heterocycles. The van der Waals surface area contributed by atoms with Gasteiger partial charge in [-0.1, -0.05) is 6.42 Å². The fraction of sp³-hybridized carbons (Fsp3) is 0.882. The Hall–Kier alpha value is -1.30. The Morgan fingerprint density at radius 2 is 1.70 bits per heavy atom. The molecule has 6 nitrogen and oxygen atoms in total. The van der Waals surface area contributed by atoms with Gasteiger partial charge in [-0.25, -0.2) is 9.59 Å². The highest BCUT2D eigenvalue weighted by Gasteiger charge is 2.40. The highest BCUT2D eigenvalue weighted by molar-refractivity contribution is 5.81. The van der Waals surface area contributed by atoms with Crippen LogP contribution in [-0.4, -0.2) is 66.3 Å². The lowest BCUT2D eigenvalue weighted by atomic mass is 9.94. The van der Waals surface area contributed by atoms with E-state index in [1.54, 1.807) is 0 Å². The molecule has 0 aromatic heterocycles. The number of carbonyl (C=O) groups excluding carboxylic acids is 2. The molecule has 0 aromatic rings. The van der Waals surface area contributed by atoms with Crippen LogP contribution in [0.4, 0.5) is 4.79 Å². The highest BCUT2D eigenvalue weighted by atomic mass is 16.6. The molecule has 0 spiro atoms. The molecule has 2 aliphatic rings. The van der Waals surface area contributed by atoms with E-state index in [9.17, 15) is 9.59 Å². The summed E-state index contributed by atoms with van der Waals surface area (Å²) in [5.41, 5.74) is -0.568. The van der Waals surface area contributed by atoms with Crippen LogP contribution >= 0.6 is 0 Å². The molecule has 2 heterocycles. The van der Waals surface area contributed by atoms with Crippen molar-refractivity contribution in [3.63, 3.8) is 0 Å². The van der Waals surface area contributed by atoms with E-state index in [0.717, 1.165) is 19.5 Å². The molecule has 132 valence electrons. The third kappa shape index (κ3) is 4.83. The Labute approximate surface area is 139 Å². The molecule has 2 rings (SSSR count). The van der Waals surface area contributed by atoms with Gasteiger partial charge in [0, 0.05) is 12.6 Å². The van der Waals surface area contributed by atoms with E-state index in [1.807, 2.05) is 20.8 Å². The minimum atomic E-state index is -0.568. The average Bonchev–Trinajstić information content (AvgIpc) is 2.52. The van der Waals surface area contributed by atoms with E-state index >= 15 is 0 Å². The van der Waals surface area contributed by atoms with Crippen LogP contribution in [0.2, 0.25) is 0 Å². The molecule has 2 aliphatic heterocycles. The molecule has 23 heavy (non-hydrogen) atoms. The molecule has 0 bridgehead atoms. The van der Waals surface area contributed by atoms with Gasteiger partial charge in [0.1, 0.15) is 11.6 Å². The second kappa shape index (κ2) is 7.51. The Kier molecular flexibility index (Phi) is 5.89. The highest BCUT2D eigenvalue weighted by Crippen LogP contribution is 2.26. The van der Waals surface area contributed by atoms with E-state index in [1.165, 1.54) is 31.3 Å². The lowest BCUT2D eigenvalue weighted by molar-refractivity contribution is -0.149. The Balaban J connectivity index is 2.05. The first-order valence-electron chi connectivity index (χ1n) is 8.63. The zero-order valence-electron chi connectivity index (χ0n) is 14.8. The van der Waals surface area contributed by atoms with Crippen LogP contribution in [0.1, 0.15) is 52.9 Å². The number of ether oxygens (including phenoxy) is 2. The van der Waals surface area contributed by atoms with Crippen molar-refractivity contribution in [2.75, 3.05) is 26.7 Å². The standard InChI is InChI=1S/C17H30N2O4/c1-17(2,3)23-16(21)19-11-8-13(12-14(19)15(20)22-4)18-9-6-5-7-10-18/h13-14H,5-12H2,1-4H3/t13-,14+/m1/s1. The summed E-state index contributed by atoms with van der Waals surface area (Å²) in [5.74, 6) is -0.349. The Morgan fingerprint density at radius 1 is 1.04 bits per heavy atom. The lowest BCUT2D eigenvalue weighted by Crippen LogP contribution is -2.56. The Bertz CT molecular complexity index is 427. The molecule has 0 saturated carbocycles. The van der Waals surface area contributed by atoms with Crippen molar-refractivity contribution >= 4 is 12.1 Å². The molecule has 1 amide bonds. The second-order valence-electron chi connectivity index (χ2n) is 7.49. The maximum atomic E-state index is 12.4. The van der Waals surface area contributed by atoms with Gasteiger partial charge in [0.15, 0.2) is 0 Å². The van der Waals surface area contributed by atoms with Crippen molar-refractivity contribution in [1.29, 1.82) is 0 Å². The lowest BCUT2D eigenvalue weighted by Gasteiger charge is -2.43. The van der Waals surface area contributed by atoms with Crippen LogP contribution in [0.15, 0.2) is 0 Å². The molecule has 2 fully saturated rings. The first-order chi connectivity index (χ1) is 10.8. The fourth-order valence-corrected chi connectivity index (χ4v) is 3.46. The molecule has 0 aliphatic carbocycles. The van der Waals surface area contributed by atoms with Crippen LogP contribution in [0.5, 0.6) is 0 Å². The summed E-state index contributed by atoms with van der Waals surface area (Å²) in [5, 5.41) is 0. The number of hydrogen-bond donors (Lipinski definition) is 0. The van der Waals surface area contributed by atoms with E-state index in [0.29, 0.717) is 19.0 Å². The van der Waals surface area contributed by atoms with Crippen molar-refractivity contribution in [3.8, 4) is 0 Å². The number of esters is 1. The maximum absolute atomic E-state index is 12.4. The van der Waals surface area contributed by atoms with Gasteiger partial charge in [-0.15, -0.1) is 0 Å². The molecule has 6 heteroatoms. The maximum Gasteiger partial charge on any atom is 0.411 e. The van der Waals surface area contributed by atoms with Crippen molar-refractivity contribution in [2.24, 2.45) is 0 Å².